The van der Waals surface area contributed by atoms with E-state index in [0.29, 0.717) is 23.8 Å². The van der Waals surface area contributed by atoms with Gasteiger partial charge in [0, 0.05) is 12.6 Å². The van der Waals surface area contributed by atoms with E-state index in [-0.39, 0.29) is 11.5 Å². The van der Waals surface area contributed by atoms with E-state index in [9.17, 15) is 14.0 Å². The summed E-state index contributed by atoms with van der Waals surface area (Å²) >= 11 is 0. The Hall–Kier alpha value is -1.75. The summed E-state index contributed by atoms with van der Waals surface area (Å²) in [5.74, 6) is -1.46. The Morgan fingerprint density at radius 2 is 1.90 bits per heavy atom. The van der Waals surface area contributed by atoms with E-state index >= 15 is 0 Å². The van der Waals surface area contributed by atoms with Crippen LogP contribution in [0.1, 0.15) is 36.7 Å². The number of carbonyl (C=O) groups is 2. The Balaban J connectivity index is 2.23. The fourth-order valence-corrected chi connectivity index (χ4v) is 2.59. The van der Waals surface area contributed by atoms with Crippen molar-refractivity contribution < 1.29 is 14.0 Å². The number of nitrogens with zero attached hydrogens (tertiary/aromatic N) is 1. The number of rotatable bonds is 5. The smallest absolute Gasteiger partial charge is 0.299 e. The summed E-state index contributed by atoms with van der Waals surface area (Å²) in [7, 11) is 0. The molecule has 1 aliphatic rings. The van der Waals surface area contributed by atoms with Gasteiger partial charge in [0.05, 0.1) is 11.3 Å². The van der Waals surface area contributed by atoms with Crippen molar-refractivity contribution in [2.45, 2.75) is 33.7 Å². The molecule has 0 saturated carbocycles. The van der Waals surface area contributed by atoms with Crippen LogP contribution in [0.25, 0.3) is 0 Å². The van der Waals surface area contributed by atoms with E-state index in [0.717, 1.165) is 12.6 Å². The number of hydrogen-bond donors (Lipinski definition) is 1. The molecule has 1 aromatic carbocycles. The third-order valence-electron chi connectivity index (χ3n) is 3.59. The fourth-order valence-electron chi connectivity index (χ4n) is 2.59. The third kappa shape index (κ3) is 3.13. The molecule has 0 radical (unpaired) electrons. The number of anilines is 1. The van der Waals surface area contributed by atoms with Gasteiger partial charge >= 0.3 is 0 Å². The van der Waals surface area contributed by atoms with E-state index < -0.39 is 17.5 Å². The highest BCUT2D eigenvalue weighted by atomic mass is 19.1. The molecule has 1 aromatic rings. The van der Waals surface area contributed by atoms with Crippen molar-refractivity contribution in [2.75, 3.05) is 18.0 Å². The topological polar surface area (TPSA) is 49.4 Å². The van der Waals surface area contributed by atoms with Gasteiger partial charge in [-0.1, -0.05) is 20.8 Å². The molecule has 2 rings (SSSR count). The van der Waals surface area contributed by atoms with Crippen molar-refractivity contribution in [1.82, 2.24) is 5.32 Å². The summed E-state index contributed by atoms with van der Waals surface area (Å²) in [6.07, 6.45) is 0. The number of halogens is 1. The van der Waals surface area contributed by atoms with Crippen molar-refractivity contribution in [2.24, 2.45) is 5.92 Å². The molecule has 5 heteroatoms. The summed E-state index contributed by atoms with van der Waals surface area (Å²) in [6.45, 7) is 9.05. The van der Waals surface area contributed by atoms with E-state index in [1.807, 2.05) is 6.92 Å². The van der Waals surface area contributed by atoms with Crippen LogP contribution < -0.4 is 10.2 Å². The van der Waals surface area contributed by atoms with Crippen molar-refractivity contribution >= 4 is 17.4 Å². The minimum Gasteiger partial charge on any atom is -0.314 e. The number of carbonyl (C=O) groups excluding carboxylic acids is 2. The molecule has 1 unspecified atom stereocenters. The number of hydrogen-bond acceptors (Lipinski definition) is 3. The van der Waals surface area contributed by atoms with Gasteiger partial charge in [0.25, 0.3) is 11.7 Å². The van der Waals surface area contributed by atoms with Crippen LogP contribution in [0, 0.1) is 18.7 Å². The van der Waals surface area contributed by atoms with E-state index in [1.165, 1.54) is 11.0 Å². The summed E-state index contributed by atoms with van der Waals surface area (Å²) < 4.78 is 13.4. The van der Waals surface area contributed by atoms with Crippen LogP contribution in [0.4, 0.5) is 10.1 Å². The average Bonchev–Trinajstić information content (AvgIpc) is 2.62. The highest BCUT2D eigenvalue weighted by Gasteiger charge is 2.37. The quantitative estimate of drug-likeness (QED) is 0.847. The first-order valence-corrected chi connectivity index (χ1v) is 7.21. The largest absolute Gasteiger partial charge is 0.314 e. The van der Waals surface area contributed by atoms with Crippen LogP contribution in [0.15, 0.2) is 12.1 Å². The van der Waals surface area contributed by atoms with Crippen LogP contribution in [0.5, 0.6) is 0 Å². The molecule has 1 atom stereocenters. The van der Waals surface area contributed by atoms with E-state index in [1.54, 1.807) is 6.92 Å². The zero-order valence-electron chi connectivity index (χ0n) is 12.9. The molecule has 4 nitrogen and oxygen atoms in total. The number of nitrogens with one attached hydrogen (secondary N) is 1. The molecule has 1 amide bonds. The van der Waals surface area contributed by atoms with Gasteiger partial charge in [0.1, 0.15) is 5.82 Å². The average molecular weight is 292 g/mol. The molecule has 0 aromatic heterocycles. The Morgan fingerprint density at radius 1 is 1.24 bits per heavy atom. The van der Waals surface area contributed by atoms with Crippen molar-refractivity contribution in [1.29, 1.82) is 0 Å². The Morgan fingerprint density at radius 3 is 2.52 bits per heavy atom. The minimum atomic E-state index is -0.614. The normalized spacial score (nSPS) is 15.8. The number of Topliss-reactive ketones (excluding diaryl/α,β-unsaturated/α-hetero) is 1. The van der Waals surface area contributed by atoms with Crippen LogP contribution in [-0.2, 0) is 4.79 Å². The number of fused-ring (bicyclic) bond motifs is 1. The highest BCUT2D eigenvalue weighted by Crippen LogP contribution is 2.33. The lowest BCUT2D eigenvalue weighted by molar-refractivity contribution is -0.114. The maximum atomic E-state index is 13.4. The minimum absolute atomic E-state index is 0.182. The summed E-state index contributed by atoms with van der Waals surface area (Å²) in [5.41, 5.74) is 1.36. The Labute approximate surface area is 124 Å². The van der Waals surface area contributed by atoms with Gasteiger partial charge in [-0.25, -0.2) is 4.39 Å². The molecule has 1 heterocycles. The van der Waals surface area contributed by atoms with Crippen LogP contribution in [0.2, 0.25) is 0 Å². The number of aryl methyl sites for hydroxylation is 1. The molecule has 0 bridgehead atoms. The first kappa shape index (κ1) is 15.6. The number of benzene rings is 1. The maximum absolute atomic E-state index is 13.4. The lowest BCUT2D eigenvalue weighted by Crippen LogP contribution is -2.38. The summed E-state index contributed by atoms with van der Waals surface area (Å²) in [4.78, 5) is 25.6. The Kier molecular flexibility index (Phi) is 4.42. The molecule has 21 heavy (non-hydrogen) atoms. The molecular formula is C16H21FN2O2. The number of amides is 1. The molecule has 1 N–H and O–H groups in total. The summed E-state index contributed by atoms with van der Waals surface area (Å²) in [6, 6.07) is 2.88. The molecule has 0 aliphatic carbocycles. The monoisotopic (exact) mass is 292 g/mol. The van der Waals surface area contributed by atoms with Crippen molar-refractivity contribution in [3.63, 3.8) is 0 Å². The number of ketones is 1. The van der Waals surface area contributed by atoms with Crippen molar-refractivity contribution in [3.05, 3.63) is 29.1 Å². The second kappa shape index (κ2) is 5.93. The molecular weight excluding hydrogens is 271 g/mol. The zero-order valence-corrected chi connectivity index (χ0v) is 12.9. The van der Waals surface area contributed by atoms with E-state index in [4.69, 9.17) is 0 Å². The Bertz CT molecular complexity index is 584. The maximum Gasteiger partial charge on any atom is 0.299 e. The molecule has 114 valence electrons. The van der Waals surface area contributed by atoms with Gasteiger partial charge in [-0.05, 0) is 37.1 Å². The van der Waals surface area contributed by atoms with Gasteiger partial charge < -0.3 is 10.2 Å². The fraction of sp³-hybridized carbons (Fsp3) is 0.500. The molecule has 0 fully saturated rings. The van der Waals surface area contributed by atoms with Crippen molar-refractivity contribution in [3.8, 4) is 0 Å². The van der Waals surface area contributed by atoms with Crippen LogP contribution in [-0.4, -0.2) is 30.8 Å². The van der Waals surface area contributed by atoms with Gasteiger partial charge in [0.2, 0.25) is 0 Å². The standard InChI is InChI=1S/C16H21FN2O2/c1-9(2)18-7-10(3)8-19-14-11(4)5-12(17)6-13(14)15(20)16(19)21/h5-6,9-10,18H,7-8H2,1-4H3. The van der Waals surface area contributed by atoms with Crippen LogP contribution >= 0.6 is 0 Å². The van der Waals surface area contributed by atoms with Gasteiger partial charge in [-0.3, -0.25) is 9.59 Å². The highest BCUT2D eigenvalue weighted by molar-refractivity contribution is 6.52. The lowest BCUT2D eigenvalue weighted by Gasteiger charge is -2.23. The molecule has 0 saturated heterocycles. The van der Waals surface area contributed by atoms with Crippen LogP contribution in [0.3, 0.4) is 0 Å². The van der Waals surface area contributed by atoms with Gasteiger partial charge in [0.15, 0.2) is 0 Å². The second-order valence-electron chi connectivity index (χ2n) is 6.03. The van der Waals surface area contributed by atoms with Gasteiger partial charge in [-0.2, -0.15) is 0 Å². The molecule has 0 spiro atoms. The second-order valence-corrected chi connectivity index (χ2v) is 6.03. The third-order valence-corrected chi connectivity index (χ3v) is 3.59. The van der Waals surface area contributed by atoms with E-state index in [2.05, 4.69) is 19.2 Å². The summed E-state index contributed by atoms with van der Waals surface area (Å²) in [5, 5.41) is 3.31. The van der Waals surface area contributed by atoms with Gasteiger partial charge in [-0.15, -0.1) is 0 Å². The first-order valence-electron chi connectivity index (χ1n) is 7.21. The SMILES string of the molecule is Cc1cc(F)cc2c1N(CC(C)CNC(C)C)C(=O)C2=O. The lowest BCUT2D eigenvalue weighted by atomic mass is 10.1. The predicted molar refractivity (Wildman–Crippen MR) is 80.1 cm³/mol. The first-order chi connectivity index (χ1) is 9.81. The molecule has 1 aliphatic heterocycles. The zero-order chi connectivity index (χ0) is 15.7. The predicted octanol–water partition coefficient (Wildman–Crippen LogP) is 2.30.